The molecule has 5 nitrogen and oxygen atoms in total. The van der Waals surface area contributed by atoms with Gasteiger partial charge in [-0.1, -0.05) is 18.2 Å². The topological polar surface area (TPSA) is 75.6 Å². The molecule has 0 spiro atoms. The Labute approximate surface area is 154 Å². The summed E-state index contributed by atoms with van der Waals surface area (Å²) in [4.78, 5) is 23.5. The minimum Gasteiger partial charge on any atom is -0.481 e. The van der Waals surface area contributed by atoms with Crippen LogP contribution in [0.15, 0.2) is 24.3 Å². The van der Waals surface area contributed by atoms with Crippen LogP contribution in [0.25, 0.3) is 0 Å². The zero-order valence-corrected chi connectivity index (χ0v) is 14.7. The third kappa shape index (κ3) is 4.10. The van der Waals surface area contributed by atoms with E-state index in [0.717, 1.165) is 12.1 Å². The van der Waals surface area contributed by atoms with Crippen molar-refractivity contribution in [1.29, 1.82) is 0 Å². The summed E-state index contributed by atoms with van der Waals surface area (Å²) in [5.41, 5.74) is -0.857. The molecule has 27 heavy (non-hydrogen) atoms. The molecule has 1 aliphatic carbocycles. The van der Waals surface area contributed by atoms with Gasteiger partial charge < -0.3 is 15.2 Å². The number of carbonyl (C=O) groups is 2. The fourth-order valence-corrected chi connectivity index (χ4v) is 3.85. The van der Waals surface area contributed by atoms with Gasteiger partial charge >= 0.3 is 12.1 Å². The van der Waals surface area contributed by atoms with E-state index in [9.17, 15) is 22.8 Å². The number of carboxylic acid groups (broad SMARTS) is 1. The number of aliphatic carboxylic acids is 1. The van der Waals surface area contributed by atoms with Gasteiger partial charge in [0, 0.05) is 25.2 Å². The van der Waals surface area contributed by atoms with Gasteiger partial charge in [0.1, 0.15) is 0 Å². The molecule has 2 unspecified atom stereocenters. The number of carbonyl (C=O) groups excluding carboxylic acids is 1. The quantitative estimate of drug-likeness (QED) is 0.817. The highest BCUT2D eigenvalue weighted by Gasteiger charge is 2.43. The molecule has 2 aliphatic rings. The SMILES string of the molecule is O=C(O)C1CCC1C(=O)NCC1(c2cccc(C(F)(F)F)c2)CCOCC1. The molecule has 8 heteroatoms. The van der Waals surface area contributed by atoms with E-state index in [1.807, 2.05) is 0 Å². The first-order valence-corrected chi connectivity index (χ1v) is 8.99. The van der Waals surface area contributed by atoms with Crippen molar-refractivity contribution in [2.24, 2.45) is 11.8 Å². The summed E-state index contributed by atoms with van der Waals surface area (Å²) in [5.74, 6) is -2.57. The number of amides is 1. The van der Waals surface area contributed by atoms with Gasteiger partial charge in [-0.2, -0.15) is 13.2 Å². The van der Waals surface area contributed by atoms with E-state index in [0.29, 0.717) is 44.5 Å². The maximum absolute atomic E-state index is 13.1. The van der Waals surface area contributed by atoms with Crippen LogP contribution >= 0.6 is 0 Å². The predicted molar refractivity (Wildman–Crippen MR) is 90.0 cm³/mol. The smallest absolute Gasteiger partial charge is 0.416 e. The van der Waals surface area contributed by atoms with Gasteiger partial charge in [-0.05, 0) is 37.3 Å². The van der Waals surface area contributed by atoms with E-state index < -0.39 is 35.0 Å². The van der Waals surface area contributed by atoms with Crippen LogP contribution in [-0.2, 0) is 25.9 Å². The molecule has 3 rings (SSSR count). The first-order chi connectivity index (χ1) is 12.7. The highest BCUT2D eigenvalue weighted by molar-refractivity contribution is 5.86. The Morgan fingerprint density at radius 2 is 1.85 bits per heavy atom. The molecule has 0 bridgehead atoms. The molecule has 1 heterocycles. The zero-order chi connectivity index (χ0) is 19.7. The summed E-state index contributed by atoms with van der Waals surface area (Å²) in [5, 5.41) is 11.9. The number of rotatable bonds is 5. The fraction of sp³-hybridized carbons (Fsp3) is 0.579. The second-order valence-electron chi connectivity index (χ2n) is 7.32. The number of nitrogens with one attached hydrogen (secondary N) is 1. The van der Waals surface area contributed by atoms with E-state index in [4.69, 9.17) is 9.84 Å². The summed E-state index contributed by atoms with van der Waals surface area (Å²) in [6.07, 6.45) is -2.47. The van der Waals surface area contributed by atoms with Gasteiger partial charge in [0.2, 0.25) is 5.91 Å². The normalized spacial score (nSPS) is 24.7. The summed E-state index contributed by atoms with van der Waals surface area (Å²) in [7, 11) is 0. The number of halogens is 3. The Morgan fingerprint density at radius 1 is 1.19 bits per heavy atom. The molecule has 1 aromatic carbocycles. The van der Waals surface area contributed by atoms with Crippen molar-refractivity contribution >= 4 is 11.9 Å². The van der Waals surface area contributed by atoms with Crippen LogP contribution in [0.2, 0.25) is 0 Å². The van der Waals surface area contributed by atoms with E-state index >= 15 is 0 Å². The van der Waals surface area contributed by atoms with Crippen molar-refractivity contribution in [3.8, 4) is 0 Å². The number of carboxylic acids is 1. The Bertz CT molecular complexity index is 713. The van der Waals surface area contributed by atoms with Gasteiger partial charge in [-0.25, -0.2) is 0 Å². The maximum Gasteiger partial charge on any atom is 0.416 e. The third-order valence-electron chi connectivity index (χ3n) is 5.78. The van der Waals surface area contributed by atoms with E-state index in [2.05, 4.69) is 5.32 Å². The highest BCUT2D eigenvalue weighted by Crippen LogP contribution is 2.39. The summed E-state index contributed by atoms with van der Waals surface area (Å²) in [6, 6.07) is 5.20. The molecule has 1 amide bonds. The molecule has 1 saturated carbocycles. The molecule has 1 aliphatic heterocycles. The predicted octanol–water partition coefficient (Wildman–Crippen LogP) is 2.98. The van der Waals surface area contributed by atoms with Gasteiger partial charge in [-0.15, -0.1) is 0 Å². The lowest BCUT2D eigenvalue weighted by Crippen LogP contribution is -2.49. The van der Waals surface area contributed by atoms with Gasteiger partial charge in [0.05, 0.1) is 17.4 Å². The number of hydrogen-bond acceptors (Lipinski definition) is 3. The van der Waals surface area contributed by atoms with E-state index in [-0.39, 0.29) is 12.5 Å². The first-order valence-electron chi connectivity index (χ1n) is 8.99. The summed E-state index contributed by atoms with van der Waals surface area (Å²) >= 11 is 0. The van der Waals surface area contributed by atoms with Gasteiger partial charge in [-0.3, -0.25) is 9.59 Å². The molecule has 148 valence electrons. The fourth-order valence-electron chi connectivity index (χ4n) is 3.85. The largest absolute Gasteiger partial charge is 0.481 e. The average molecular weight is 385 g/mol. The van der Waals surface area contributed by atoms with Crippen molar-refractivity contribution in [3.63, 3.8) is 0 Å². The zero-order valence-electron chi connectivity index (χ0n) is 14.7. The van der Waals surface area contributed by atoms with Crippen LogP contribution in [0, 0.1) is 11.8 Å². The van der Waals surface area contributed by atoms with Gasteiger partial charge in [0.15, 0.2) is 0 Å². The van der Waals surface area contributed by atoms with Gasteiger partial charge in [0.25, 0.3) is 0 Å². The lowest BCUT2D eigenvalue weighted by atomic mass is 9.71. The molecule has 1 aromatic rings. The van der Waals surface area contributed by atoms with Crippen LogP contribution in [0.3, 0.4) is 0 Å². The average Bonchev–Trinajstić information content (AvgIpc) is 2.59. The van der Waals surface area contributed by atoms with Crippen LogP contribution in [0.4, 0.5) is 13.2 Å². The number of ether oxygens (including phenoxy) is 1. The highest BCUT2D eigenvalue weighted by atomic mass is 19.4. The lowest BCUT2D eigenvalue weighted by molar-refractivity contribution is -0.152. The minimum atomic E-state index is -4.44. The standard InChI is InChI=1S/C19H22F3NO4/c20-19(21,22)13-3-1-2-12(10-13)18(6-8-27-9-7-18)11-23-16(24)14-4-5-15(14)17(25)26/h1-3,10,14-15H,4-9,11H2,(H,23,24)(H,25,26). The van der Waals surface area contributed by atoms with Crippen LogP contribution < -0.4 is 5.32 Å². The second-order valence-corrected chi connectivity index (χ2v) is 7.32. The number of alkyl halides is 3. The molecular weight excluding hydrogens is 363 g/mol. The Kier molecular flexibility index (Phi) is 5.46. The number of hydrogen-bond donors (Lipinski definition) is 2. The van der Waals surface area contributed by atoms with Crippen molar-refractivity contribution < 1.29 is 32.6 Å². The van der Waals surface area contributed by atoms with Crippen molar-refractivity contribution in [1.82, 2.24) is 5.32 Å². The Morgan fingerprint density at radius 3 is 2.41 bits per heavy atom. The molecule has 2 atom stereocenters. The Hall–Kier alpha value is -2.09. The molecule has 0 aromatic heterocycles. The maximum atomic E-state index is 13.1. The molecule has 2 fully saturated rings. The van der Waals surface area contributed by atoms with Crippen LogP contribution in [0.1, 0.15) is 36.8 Å². The Balaban J connectivity index is 1.78. The second kappa shape index (κ2) is 7.50. The molecule has 1 saturated heterocycles. The van der Waals surface area contributed by atoms with E-state index in [1.54, 1.807) is 6.07 Å². The molecular formula is C19H22F3NO4. The monoisotopic (exact) mass is 385 g/mol. The minimum absolute atomic E-state index is 0.166. The van der Waals surface area contributed by atoms with E-state index in [1.165, 1.54) is 6.07 Å². The van der Waals surface area contributed by atoms with Crippen molar-refractivity contribution in [3.05, 3.63) is 35.4 Å². The van der Waals surface area contributed by atoms with Crippen molar-refractivity contribution in [2.45, 2.75) is 37.3 Å². The molecule has 0 radical (unpaired) electrons. The third-order valence-corrected chi connectivity index (χ3v) is 5.78. The number of benzene rings is 1. The molecule has 2 N–H and O–H groups in total. The summed E-state index contributed by atoms with van der Waals surface area (Å²) < 4.78 is 44.7. The van der Waals surface area contributed by atoms with Crippen LogP contribution in [0.5, 0.6) is 0 Å². The first kappa shape index (κ1) is 19.7. The summed E-state index contributed by atoms with van der Waals surface area (Å²) in [6.45, 7) is 0.958. The lowest BCUT2D eigenvalue weighted by Gasteiger charge is -2.39. The van der Waals surface area contributed by atoms with Crippen molar-refractivity contribution in [2.75, 3.05) is 19.8 Å². The van der Waals surface area contributed by atoms with Crippen LogP contribution in [-0.4, -0.2) is 36.7 Å².